The Kier molecular flexibility index (Phi) is 11.9. The topological polar surface area (TPSA) is 86.8 Å². The highest BCUT2D eigenvalue weighted by molar-refractivity contribution is 7.92. The maximum atomic E-state index is 14.6. The van der Waals surface area contributed by atoms with Crippen LogP contribution in [0, 0.1) is 13.8 Å². The van der Waals surface area contributed by atoms with E-state index < -0.39 is 28.5 Å². The van der Waals surface area contributed by atoms with Gasteiger partial charge in [-0.1, -0.05) is 96.4 Å². The van der Waals surface area contributed by atoms with Gasteiger partial charge in [-0.05, 0) is 80.3 Å². The summed E-state index contributed by atoms with van der Waals surface area (Å²) in [6.07, 6.45) is 0.895. The fraction of sp³-hybridized carbons (Fsp3) is 0.278. The quantitative estimate of drug-likeness (QED) is 0.160. The molecule has 0 saturated heterocycles. The van der Waals surface area contributed by atoms with Crippen molar-refractivity contribution in [2.75, 3.05) is 10.8 Å². The molecule has 242 valence electrons. The normalized spacial score (nSPS) is 12.7. The Morgan fingerprint density at radius 3 is 2.17 bits per heavy atom. The average Bonchev–Trinajstić information content (AvgIpc) is 3.02. The number of carbonyl (C=O) groups excluding carboxylic acids is 2. The van der Waals surface area contributed by atoms with E-state index in [1.807, 2.05) is 64.1 Å². The van der Waals surface area contributed by atoms with Gasteiger partial charge in [-0.3, -0.25) is 13.9 Å². The molecule has 0 spiro atoms. The van der Waals surface area contributed by atoms with E-state index in [1.165, 1.54) is 17.0 Å². The Labute approximate surface area is 282 Å². The third-order valence-electron chi connectivity index (χ3n) is 7.81. The van der Waals surface area contributed by atoms with Crippen molar-refractivity contribution in [1.29, 1.82) is 0 Å². The highest BCUT2D eigenvalue weighted by Gasteiger charge is 2.35. The molecule has 0 radical (unpaired) electrons. The fourth-order valence-corrected chi connectivity index (χ4v) is 6.85. The first-order valence-electron chi connectivity index (χ1n) is 15.1. The largest absolute Gasteiger partial charge is 0.352 e. The van der Waals surface area contributed by atoms with Crippen LogP contribution in [0.1, 0.15) is 42.5 Å². The Morgan fingerprint density at radius 2 is 1.54 bits per heavy atom. The van der Waals surface area contributed by atoms with Gasteiger partial charge in [-0.2, -0.15) is 0 Å². The molecule has 0 saturated carbocycles. The number of hydrogen-bond acceptors (Lipinski definition) is 4. The summed E-state index contributed by atoms with van der Waals surface area (Å²) in [5.41, 5.74) is 3.47. The van der Waals surface area contributed by atoms with Crippen LogP contribution in [-0.2, 0) is 32.6 Å². The lowest BCUT2D eigenvalue weighted by atomic mass is 10.0. The van der Waals surface area contributed by atoms with Crippen molar-refractivity contribution in [3.8, 4) is 0 Å². The Balaban J connectivity index is 1.83. The number of nitrogens with one attached hydrogen (secondary N) is 1. The highest BCUT2D eigenvalue weighted by atomic mass is 35.5. The third-order valence-corrected chi connectivity index (χ3v) is 10.2. The fourth-order valence-electron chi connectivity index (χ4n) is 4.98. The van der Waals surface area contributed by atoms with Crippen LogP contribution >= 0.6 is 23.2 Å². The number of rotatable bonds is 13. The molecular weight excluding hydrogens is 641 g/mol. The van der Waals surface area contributed by atoms with E-state index in [0.717, 1.165) is 21.0 Å². The summed E-state index contributed by atoms with van der Waals surface area (Å²) in [5.74, 6) is -0.913. The van der Waals surface area contributed by atoms with Crippen molar-refractivity contribution >= 4 is 50.7 Å². The van der Waals surface area contributed by atoms with Crippen LogP contribution < -0.4 is 9.62 Å². The van der Waals surface area contributed by atoms with Gasteiger partial charge in [0.2, 0.25) is 11.8 Å². The lowest BCUT2D eigenvalue weighted by molar-refractivity contribution is -0.140. The molecule has 2 atom stereocenters. The zero-order valence-corrected chi connectivity index (χ0v) is 28.7. The SMILES string of the molecule is CC[C@@H](C)NC(=O)[C@H](Cc1ccccc1)N(Cc1ccc(Cl)cc1Cl)C(=O)CN(c1cccc(C)c1)S(=O)(=O)c1ccc(C)cc1. The minimum absolute atomic E-state index is 0.0491. The summed E-state index contributed by atoms with van der Waals surface area (Å²) in [4.78, 5) is 30.0. The molecule has 0 bridgehead atoms. The first-order chi connectivity index (χ1) is 21.9. The monoisotopic (exact) mass is 679 g/mol. The summed E-state index contributed by atoms with van der Waals surface area (Å²) >= 11 is 12.8. The van der Waals surface area contributed by atoms with Crippen molar-refractivity contribution in [1.82, 2.24) is 10.2 Å². The molecule has 0 aliphatic rings. The maximum absolute atomic E-state index is 14.6. The first kappa shape index (κ1) is 35.0. The second-order valence-electron chi connectivity index (χ2n) is 11.4. The van der Waals surface area contributed by atoms with Gasteiger partial charge in [0.1, 0.15) is 12.6 Å². The Hall–Kier alpha value is -3.85. The van der Waals surface area contributed by atoms with Crippen LogP contribution in [0.25, 0.3) is 0 Å². The maximum Gasteiger partial charge on any atom is 0.264 e. The van der Waals surface area contributed by atoms with E-state index in [-0.39, 0.29) is 29.8 Å². The van der Waals surface area contributed by atoms with Gasteiger partial charge in [0.15, 0.2) is 0 Å². The molecule has 0 aliphatic heterocycles. The number of nitrogens with zero attached hydrogens (tertiary/aromatic N) is 2. The second kappa shape index (κ2) is 15.6. The first-order valence-corrected chi connectivity index (χ1v) is 17.3. The van der Waals surface area contributed by atoms with Crippen molar-refractivity contribution in [2.45, 2.75) is 64.1 Å². The van der Waals surface area contributed by atoms with Gasteiger partial charge in [-0.25, -0.2) is 8.42 Å². The molecule has 0 aliphatic carbocycles. The van der Waals surface area contributed by atoms with Crippen LogP contribution in [0.15, 0.2) is 102 Å². The van der Waals surface area contributed by atoms with Gasteiger partial charge in [0, 0.05) is 29.1 Å². The van der Waals surface area contributed by atoms with E-state index >= 15 is 0 Å². The molecule has 4 rings (SSSR count). The number of halogens is 2. The van der Waals surface area contributed by atoms with Crippen LogP contribution in [0.3, 0.4) is 0 Å². The molecule has 4 aromatic carbocycles. The number of amides is 2. The minimum Gasteiger partial charge on any atom is -0.352 e. The number of sulfonamides is 1. The minimum atomic E-state index is -4.19. The number of carbonyl (C=O) groups is 2. The van der Waals surface area contributed by atoms with Crippen LogP contribution in [-0.4, -0.2) is 43.8 Å². The predicted molar refractivity (Wildman–Crippen MR) is 186 cm³/mol. The molecule has 2 amide bonds. The van der Waals surface area contributed by atoms with Crippen LogP contribution in [0.4, 0.5) is 5.69 Å². The molecular formula is C36H39Cl2N3O4S. The van der Waals surface area contributed by atoms with Gasteiger partial charge in [-0.15, -0.1) is 0 Å². The summed E-state index contributed by atoms with van der Waals surface area (Å²) in [6.45, 7) is 6.98. The molecule has 1 N–H and O–H groups in total. The molecule has 0 unspecified atom stereocenters. The van der Waals surface area contributed by atoms with Gasteiger partial charge >= 0.3 is 0 Å². The predicted octanol–water partition coefficient (Wildman–Crippen LogP) is 7.36. The summed E-state index contributed by atoms with van der Waals surface area (Å²) < 4.78 is 29.5. The third kappa shape index (κ3) is 8.90. The van der Waals surface area contributed by atoms with Gasteiger partial charge in [0.25, 0.3) is 10.0 Å². The molecule has 7 nitrogen and oxygen atoms in total. The molecule has 0 fully saturated rings. The molecule has 4 aromatic rings. The molecule has 46 heavy (non-hydrogen) atoms. The van der Waals surface area contributed by atoms with Gasteiger partial charge < -0.3 is 10.2 Å². The Bertz CT molecular complexity index is 1770. The molecule has 10 heteroatoms. The number of benzene rings is 4. The zero-order valence-electron chi connectivity index (χ0n) is 26.4. The number of hydrogen-bond donors (Lipinski definition) is 1. The van der Waals surface area contributed by atoms with Gasteiger partial charge in [0.05, 0.1) is 10.6 Å². The summed E-state index contributed by atoms with van der Waals surface area (Å²) in [7, 11) is -4.19. The zero-order chi connectivity index (χ0) is 33.4. The van der Waals surface area contributed by atoms with E-state index in [2.05, 4.69) is 5.32 Å². The van der Waals surface area contributed by atoms with Crippen molar-refractivity contribution in [2.24, 2.45) is 0 Å². The molecule has 0 aromatic heterocycles. The van der Waals surface area contributed by atoms with Crippen LogP contribution in [0.5, 0.6) is 0 Å². The Morgan fingerprint density at radius 1 is 0.848 bits per heavy atom. The average molecular weight is 681 g/mol. The standard InChI is InChI=1S/C36H39Cl2N3O4S/c1-5-27(4)39-36(43)34(21-28-11-7-6-8-12-28)40(23-29-16-17-30(37)22-33(29)38)35(42)24-41(31-13-9-10-26(3)20-31)46(44,45)32-18-14-25(2)15-19-32/h6-20,22,27,34H,5,21,23-24H2,1-4H3,(H,39,43)/t27-,34+/m1/s1. The molecule has 0 heterocycles. The number of aryl methyl sites for hydroxylation is 2. The van der Waals surface area contributed by atoms with Crippen molar-refractivity contribution in [3.05, 3.63) is 129 Å². The van der Waals surface area contributed by atoms with E-state index in [1.54, 1.807) is 48.5 Å². The number of anilines is 1. The lowest BCUT2D eigenvalue weighted by Gasteiger charge is -2.34. The lowest BCUT2D eigenvalue weighted by Crippen LogP contribution is -2.54. The van der Waals surface area contributed by atoms with E-state index in [0.29, 0.717) is 27.7 Å². The van der Waals surface area contributed by atoms with E-state index in [4.69, 9.17) is 23.2 Å². The highest BCUT2D eigenvalue weighted by Crippen LogP contribution is 2.28. The second-order valence-corrected chi connectivity index (χ2v) is 14.2. The smallest absolute Gasteiger partial charge is 0.264 e. The van der Waals surface area contributed by atoms with Crippen LogP contribution in [0.2, 0.25) is 10.0 Å². The van der Waals surface area contributed by atoms with E-state index in [9.17, 15) is 18.0 Å². The van der Waals surface area contributed by atoms with Crippen molar-refractivity contribution < 1.29 is 18.0 Å². The van der Waals surface area contributed by atoms with Crippen molar-refractivity contribution in [3.63, 3.8) is 0 Å². The summed E-state index contributed by atoms with van der Waals surface area (Å²) in [5, 5.41) is 3.79. The summed E-state index contributed by atoms with van der Waals surface area (Å²) in [6, 6.07) is 26.7.